The molecule has 0 atom stereocenters. The zero-order valence-electron chi connectivity index (χ0n) is 13.6. The van der Waals surface area contributed by atoms with Gasteiger partial charge in [0.1, 0.15) is 0 Å². The standard InChI is InChI=1S/C19H29N3/c20-19(21-16-10-4-1-5-11-16)22(17-12-6-2-7-13-17)18-14-8-3-9-15-18/h2,6-7,12-13,16,18H,1,3-5,8-11,14-15H2,(H2,20,21). The van der Waals surface area contributed by atoms with E-state index in [-0.39, 0.29) is 0 Å². The molecule has 3 heteroatoms. The maximum atomic E-state index is 6.49. The van der Waals surface area contributed by atoms with Gasteiger partial charge in [-0.15, -0.1) is 0 Å². The van der Waals surface area contributed by atoms with E-state index < -0.39 is 0 Å². The molecule has 2 aliphatic carbocycles. The lowest BCUT2D eigenvalue weighted by molar-refractivity contribution is 0.430. The lowest BCUT2D eigenvalue weighted by Crippen LogP contribution is -2.46. The molecule has 22 heavy (non-hydrogen) atoms. The van der Waals surface area contributed by atoms with E-state index in [0.29, 0.717) is 12.1 Å². The van der Waals surface area contributed by atoms with Crippen LogP contribution in [0.2, 0.25) is 0 Å². The maximum absolute atomic E-state index is 6.49. The summed E-state index contributed by atoms with van der Waals surface area (Å²) >= 11 is 0. The van der Waals surface area contributed by atoms with Gasteiger partial charge in [0.25, 0.3) is 0 Å². The number of para-hydroxylation sites is 1. The number of nitrogens with two attached hydrogens (primary N) is 1. The number of guanidine groups is 1. The Hall–Kier alpha value is -1.51. The van der Waals surface area contributed by atoms with E-state index in [4.69, 9.17) is 10.7 Å². The molecule has 1 aromatic rings. The summed E-state index contributed by atoms with van der Waals surface area (Å²) in [5, 5.41) is 0. The molecule has 0 unspecified atom stereocenters. The van der Waals surface area contributed by atoms with Gasteiger partial charge in [0.2, 0.25) is 0 Å². The highest BCUT2D eigenvalue weighted by Crippen LogP contribution is 2.28. The number of benzene rings is 1. The minimum atomic E-state index is 0.434. The Balaban J connectivity index is 1.81. The van der Waals surface area contributed by atoms with Gasteiger partial charge >= 0.3 is 0 Å². The van der Waals surface area contributed by atoms with Crippen molar-refractivity contribution in [3.63, 3.8) is 0 Å². The highest BCUT2D eigenvalue weighted by molar-refractivity contribution is 5.95. The van der Waals surface area contributed by atoms with Crippen LogP contribution in [-0.2, 0) is 0 Å². The summed E-state index contributed by atoms with van der Waals surface area (Å²) in [6.45, 7) is 0. The van der Waals surface area contributed by atoms with Crippen LogP contribution in [-0.4, -0.2) is 18.0 Å². The van der Waals surface area contributed by atoms with Crippen LogP contribution >= 0.6 is 0 Å². The quantitative estimate of drug-likeness (QED) is 0.660. The van der Waals surface area contributed by atoms with Crippen molar-refractivity contribution in [3.05, 3.63) is 30.3 Å². The summed E-state index contributed by atoms with van der Waals surface area (Å²) in [6, 6.07) is 11.5. The van der Waals surface area contributed by atoms with Gasteiger partial charge in [-0.3, -0.25) is 0 Å². The summed E-state index contributed by atoms with van der Waals surface area (Å²) in [7, 11) is 0. The van der Waals surface area contributed by atoms with E-state index in [9.17, 15) is 0 Å². The van der Waals surface area contributed by atoms with Crippen LogP contribution in [0.3, 0.4) is 0 Å². The van der Waals surface area contributed by atoms with Crippen LogP contribution < -0.4 is 10.6 Å². The van der Waals surface area contributed by atoms with Gasteiger partial charge in [0.05, 0.1) is 6.04 Å². The fraction of sp³-hybridized carbons (Fsp3) is 0.632. The minimum Gasteiger partial charge on any atom is -0.369 e. The van der Waals surface area contributed by atoms with E-state index in [2.05, 4.69) is 35.2 Å². The molecule has 2 aliphatic rings. The Labute approximate surface area is 134 Å². The summed E-state index contributed by atoms with van der Waals surface area (Å²) < 4.78 is 0. The van der Waals surface area contributed by atoms with Gasteiger partial charge < -0.3 is 10.6 Å². The van der Waals surface area contributed by atoms with Crippen LogP contribution in [0.4, 0.5) is 5.69 Å². The lowest BCUT2D eigenvalue weighted by Gasteiger charge is -2.36. The monoisotopic (exact) mass is 299 g/mol. The zero-order chi connectivity index (χ0) is 15.2. The van der Waals surface area contributed by atoms with Crippen molar-refractivity contribution < 1.29 is 0 Å². The molecule has 0 radical (unpaired) electrons. The van der Waals surface area contributed by atoms with Crippen molar-refractivity contribution in [1.82, 2.24) is 0 Å². The van der Waals surface area contributed by atoms with E-state index in [1.54, 1.807) is 0 Å². The van der Waals surface area contributed by atoms with Gasteiger partial charge in [0, 0.05) is 11.7 Å². The summed E-state index contributed by atoms with van der Waals surface area (Å²) in [4.78, 5) is 7.22. The molecule has 2 saturated carbocycles. The highest BCUT2D eigenvalue weighted by Gasteiger charge is 2.25. The molecule has 120 valence electrons. The van der Waals surface area contributed by atoms with Crippen LogP contribution in [0.1, 0.15) is 64.2 Å². The van der Waals surface area contributed by atoms with E-state index in [0.717, 1.165) is 5.96 Å². The number of anilines is 1. The van der Waals surface area contributed by atoms with Crippen molar-refractivity contribution in [2.75, 3.05) is 4.90 Å². The maximum Gasteiger partial charge on any atom is 0.196 e. The number of hydrogen-bond acceptors (Lipinski definition) is 1. The van der Waals surface area contributed by atoms with Gasteiger partial charge in [-0.1, -0.05) is 56.7 Å². The van der Waals surface area contributed by atoms with Crippen molar-refractivity contribution in [2.45, 2.75) is 76.3 Å². The molecular weight excluding hydrogens is 270 g/mol. The third kappa shape index (κ3) is 3.82. The van der Waals surface area contributed by atoms with Crippen molar-refractivity contribution >= 4 is 11.6 Å². The molecule has 3 nitrogen and oxygen atoms in total. The fourth-order valence-corrected chi connectivity index (χ4v) is 3.92. The average molecular weight is 299 g/mol. The third-order valence-corrected chi connectivity index (χ3v) is 5.11. The van der Waals surface area contributed by atoms with Crippen molar-refractivity contribution in [1.29, 1.82) is 0 Å². The van der Waals surface area contributed by atoms with Gasteiger partial charge in [-0.25, -0.2) is 4.99 Å². The first kappa shape index (κ1) is 15.4. The van der Waals surface area contributed by atoms with Gasteiger partial charge in [-0.05, 0) is 37.8 Å². The Morgan fingerprint density at radius 1 is 0.864 bits per heavy atom. The molecule has 2 N–H and O–H groups in total. The van der Waals surface area contributed by atoms with Gasteiger partial charge in [-0.2, -0.15) is 0 Å². The predicted molar refractivity (Wildman–Crippen MR) is 94.3 cm³/mol. The van der Waals surface area contributed by atoms with Crippen LogP contribution in [0, 0.1) is 0 Å². The number of hydrogen-bond donors (Lipinski definition) is 1. The highest BCUT2D eigenvalue weighted by atomic mass is 15.3. The summed E-state index contributed by atoms with van der Waals surface area (Å²) in [5.41, 5.74) is 7.69. The Morgan fingerprint density at radius 2 is 1.45 bits per heavy atom. The second kappa shape index (κ2) is 7.66. The van der Waals surface area contributed by atoms with Gasteiger partial charge in [0.15, 0.2) is 5.96 Å². The molecular formula is C19H29N3. The van der Waals surface area contributed by atoms with Crippen LogP contribution in [0.15, 0.2) is 35.3 Å². The lowest BCUT2D eigenvalue weighted by atomic mass is 9.93. The first-order chi connectivity index (χ1) is 10.8. The minimum absolute atomic E-state index is 0.434. The average Bonchev–Trinajstić information content (AvgIpc) is 2.58. The second-order valence-corrected chi connectivity index (χ2v) is 6.78. The summed E-state index contributed by atoms with van der Waals surface area (Å²) in [6.07, 6.45) is 12.8. The fourth-order valence-electron chi connectivity index (χ4n) is 3.92. The van der Waals surface area contributed by atoms with E-state index >= 15 is 0 Å². The van der Waals surface area contributed by atoms with E-state index in [1.807, 2.05) is 0 Å². The Morgan fingerprint density at radius 3 is 2.09 bits per heavy atom. The molecule has 0 aliphatic heterocycles. The predicted octanol–water partition coefficient (Wildman–Crippen LogP) is 4.47. The number of aliphatic imine (C=N–C) groups is 1. The first-order valence-corrected chi connectivity index (χ1v) is 9.02. The normalized spacial score (nSPS) is 21.7. The first-order valence-electron chi connectivity index (χ1n) is 9.02. The van der Waals surface area contributed by atoms with Crippen molar-refractivity contribution in [3.8, 4) is 0 Å². The zero-order valence-corrected chi connectivity index (χ0v) is 13.6. The van der Waals surface area contributed by atoms with Crippen molar-refractivity contribution in [2.24, 2.45) is 10.7 Å². The topological polar surface area (TPSA) is 41.6 Å². The molecule has 0 aromatic heterocycles. The van der Waals surface area contributed by atoms with Crippen LogP contribution in [0.25, 0.3) is 0 Å². The number of rotatable bonds is 3. The Kier molecular flexibility index (Phi) is 5.36. The molecule has 0 spiro atoms. The molecule has 0 saturated heterocycles. The molecule has 0 bridgehead atoms. The summed E-state index contributed by atoms with van der Waals surface area (Å²) in [5.74, 6) is 0.741. The SMILES string of the molecule is NC(=NC1CCCCC1)N(c1ccccc1)C1CCCCC1. The van der Waals surface area contributed by atoms with E-state index in [1.165, 1.54) is 69.9 Å². The largest absolute Gasteiger partial charge is 0.369 e. The molecule has 0 amide bonds. The molecule has 0 heterocycles. The second-order valence-electron chi connectivity index (χ2n) is 6.78. The molecule has 2 fully saturated rings. The number of nitrogens with zero attached hydrogens (tertiary/aromatic N) is 2. The Bertz CT molecular complexity index is 471. The third-order valence-electron chi connectivity index (χ3n) is 5.11. The molecule has 1 aromatic carbocycles. The molecule has 3 rings (SSSR count). The van der Waals surface area contributed by atoms with Crippen LogP contribution in [0.5, 0.6) is 0 Å². The smallest absolute Gasteiger partial charge is 0.196 e.